The van der Waals surface area contributed by atoms with Crippen molar-refractivity contribution in [1.29, 1.82) is 0 Å². The number of hydrogen-bond acceptors (Lipinski definition) is 4. The van der Waals surface area contributed by atoms with Crippen LogP contribution in [0.2, 0.25) is 0 Å². The predicted molar refractivity (Wildman–Crippen MR) is 75.7 cm³/mol. The molecule has 1 atom stereocenters. The fourth-order valence-corrected chi connectivity index (χ4v) is 4.05. The molecule has 4 nitrogen and oxygen atoms in total. The molecule has 1 amide bonds. The summed E-state index contributed by atoms with van der Waals surface area (Å²) in [5, 5.41) is 3.18. The Kier molecular flexibility index (Phi) is 3.86. The van der Waals surface area contributed by atoms with Gasteiger partial charge in [-0.3, -0.25) is 4.79 Å². The minimum absolute atomic E-state index is 0.206. The van der Waals surface area contributed by atoms with Crippen molar-refractivity contribution < 1.29 is 9.53 Å². The van der Waals surface area contributed by atoms with Gasteiger partial charge in [-0.2, -0.15) is 0 Å². The van der Waals surface area contributed by atoms with E-state index in [-0.39, 0.29) is 5.91 Å². The molecule has 1 aromatic rings. The summed E-state index contributed by atoms with van der Waals surface area (Å²) in [6.07, 6.45) is 3.18. The van der Waals surface area contributed by atoms with Crippen LogP contribution < -0.4 is 5.32 Å². The van der Waals surface area contributed by atoms with Gasteiger partial charge >= 0.3 is 0 Å². The van der Waals surface area contributed by atoms with Crippen molar-refractivity contribution in [3.8, 4) is 0 Å². The molecule has 0 saturated carbocycles. The third-order valence-corrected chi connectivity index (χ3v) is 5.14. The van der Waals surface area contributed by atoms with Crippen LogP contribution in [-0.4, -0.2) is 43.6 Å². The maximum absolute atomic E-state index is 12.6. The summed E-state index contributed by atoms with van der Waals surface area (Å²) < 4.78 is 5.45. The van der Waals surface area contributed by atoms with E-state index >= 15 is 0 Å². The number of carbonyl (C=O) groups excluding carboxylic acids is 1. The van der Waals surface area contributed by atoms with Gasteiger partial charge in [0, 0.05) is 30.4 Å². The molecule has 0 aromatic carbocycles. The Morgan fingerprint density at radius 1 is 1.63 bits per heavy atom. The summed E-state index contributed by atoms with van der Waals surface area (Å²) in [7, 11) is 1.95. The number of rotatable bonds is 3. The lowest BCUT2D eigenvalue weighted by atomic mass is 10.2. The molecule has 104 valence electrons. The fraction of sp³-hybridized carbons (Fsp3) is 0.643. The summed E-state index contributed by atoms with van der Waals surface area (Å²) >= 11 is 1.66. The zero-order valence-electron chi connectivity index (χ0n) is 11.3. The molecule has 3 heterocycles. The second-order valence-electron chi connectivity index (χ2n) is 5.21. The first-order valence-electron chi connectivity index (χ1n) is 6.94. The van der Waals surface area contributed by atoms with E-state index in [2.05, 4.69) is 5.32 Å². The van der Waals surface area contributed by atoms with Crippen molar-refractivity contribution in [1.82, 2.24) is 10.2 Å². The minimum Gasteiger partial charge on any atom is -0.376 e. The molecule has 19 heavy (non-hydrogen) atoms. The molecule has 2 aliphatic heterocycles. The van der Waals surface area contributed by atoms with E-state index in [0.717, 1.165) is 43.8 Å². The van der Waals surface area contributed by atoms with Crippen LogP contribution in [0, 0.1) is 0 Å². The van der Waals surface area contributed by atoms with Gasteiger partial charge in [0.2, 0.25) is 0 Å². The highest BCUT2D eigenvalue weighted by atomic mass is 32.1. The van der Waals surface area contributed by atoms with E-state index in [1.807, 2.05) is 18.0 Å². The first-order chi connectivity index (χ1) is 9.29. The van der Waals surface area contributed by atoms with E-state index in [1.54, 1.807) is 11.3 Å². The monoisotopic (exact) mass is 280 g/mol. The average molecular weight is 280 g/mol. The van der Waals surface area contributed by atoms with Crippen LogP contribution in [0.15, 0.2) is 6.07 Å². The van der Waals surface area contributed by atoms with Crippen LogP contribution in [0.4, 0.5) is 0 Å². The van der Waals surface area contributed by atoms with Crippen molar-refractivity contribution in [3.63, 3.8) is 0 Å². The Labute approximate surface area is 117 Å². The Morgan fingerprint density at radius 3 is 3.32 bits per heavy atom. The molecule has 1 fully saturated rings. The van der Waals surface area contributed by atoms with E-state index < -0.39 is 0 Å². The number of nitrogens with one attached hydrogen (secondary N) is 1. The predicted octanol–water partition coefficient (Wildman–Crippen LogP) is 1.64. The summed E-state index contributed by atoms with van der Waals surface area (Å²) in [5.74, 6) is 0.206. The standard InChI is InChI=1S/C14H20N2O2S/c1-15-8-11-3-2-5-16(11)14(17)13-7-10-9-18-6-4-12(10)19-13/h7,11,15H,2-6,8-9H2,1H3. The molecular formula is C14H20N2O2S. The summed E-state index contributed by atoms with van der Waals surface area (Å²) in [5.41, 5.74) is 1.21. The zero-order valence-corrected chi connectivity index (χ0v) is 12.1. The van der Waals surface area contributed by atoms with E-state index in [1.165, 1.54) is 10.4 Å². The molecule has 0 spiro atoms. The number of amides is 1. The molecule has 0 aliphatic carbocycles. The second-order valence-corrected chi connectivity index (χ2v) is 6.35. The summed E-state index contributed by atoms with van der Waals surface area (Å²) in [4.78, 5) is 16.9. The fourth-order valence-electron chi connectivity index (χ4n) is 2.95. The second kappa shape index (κ2) is 5.61. The van der Waals surface area contributed by atoms with E-state index in [9.17, 15) is 4.79 Å². The highest BCUT2D eigenvalue weighted by Gasteiger charge is 2.30. The average Bonchev–Trinajstić information content (AvgIpc) is 3.04. The lowest BCUT2D eigenvalue weighted by molar-refractivity contribution is 0.0741. The molecule has 1 unspecified atom stereocenters. The number of likely N-dealkylation sites (tertiary alicyclic amines) is 1. The third-order valence-electron chi connectivity index (χ3n) is 3.92. The van der Waals surface area contributed by atoms with Crippen molar-refractivity contribution in [3.05, 3.63) is 21.4 Å². The van der Waals surface area contributed by atoms with Gasteiger partial charge in [0.15, 0.2) is 0 Å². The number of carbonyl (C=O) groups is 1. The molecular weight excluding hydrogens is 260 g/mol. The van der Waals surface area contributed by atoms with Crippen LogP contribution in [0.5, 0.6) is 0 Å². The Hall–Kier alpha value is -0.910. The van der Waals surface area contributed by atoms with Gasteiger partial charge < -0.3 is 15.0 Å². The Morgan fingerprint density at radius 2 is 2.53 bits per heavy atom. The van der Waals surface area contributed by atoms with Gasteiger partial charge in [0.25, 0.3) is 5.91 Å². The third kappa shape index (κ3) is 2.55. The molecule has 5 heteroatoms. The zero-order chi connectivity index (χ0) is 13.2. The summed E-state index contributed by atoms with van der Waals surface area (Å²) in [6, 6.07) is 2.39. The number of ether oxygens (including phenoxy) is 1. The van der Waals surface area contributed by atoms with Crippen LogP contribution in [-0.2, 0) is 17.8 Å². The number of hydrogen-bond donors (Lipinski definition) is 1. The van der Waals surface area contributed by atoms with Gasteiger partial charge in [-0.25, -0.2) is 0 Å². The van der Waals surface area contributed by atoms with Crippen LogP contribution in [0.1, 0.15) is 33.0 Å². The van der Waals surface area contributed by atoms with Crippen LogP contribution in [0.25, 0.3) is 0 Å². The maximum atomic E-state index is 12.6. The van der Waals surface area contributed by atoms with Crippen LogP contribution >= 0.6 is 11.3 Å². The number of thiophene rings is 1. The molecule has 1 aromatic heterocycles. The lowest BCUT2D eigenvalue weighted by Crippen LogP contribution is -2.40. The minimum atomic E-state index is 0.206. The van der Waals surface area contributed by atoms with Gasteiger partial charge in [-0.15, -0.1) is 11.3 Å². The first kappa shape index (κ1) is 13.1. The van der Waals surface area contributed by atoms with Gasteiger partial charge in [-0.05, 0) is 31.5 Å². The molecule has 1 N–H and O–H groups in total. The molecule has 0 radical (unpaired) electrons. The SMILES string of the molecule is CNCC1CCCN1C(=O)c1cc2c(s1)CCOC2. The normalized spacial score (nSPS) is 22.6. The van der Waals surface area contributed by atoms with Crippen molar-refractivity contribution in [2.45, 2.75) is 31.9 Å². The molecule has 3 rings (SSSR count). The highest BCUT2D eigenvalue weighted by molar-refractivity contribution is 7.14. The Bertz CT molecular complexity index is 449. The quantitative estimate of drug-likeness (QED) is 0.915. The number of fused-ring (bicyclic) bond motifs is 1. The number of likely N-dealkylation sites (N-methyl/N-ethyl adjacent to an activating group) is 1. The molecule has 0 bridgehead atoms. The largest absolute Gasteiger partial charge is 0.376 e. The topological polar surface area (TPSA) is 41.6 Å². The lowest BCUT2D eigenvalue weighted by Gasteiger charge is -2.23. The molecule has 2 aliphatic rings. The number of nitrogens with zero attached hydrogens (tertiary/aromatic N) is 1. The van der Waals surface area contributed by atoms with Gasteiger partial charge in [0.1, 0.15) is 0 Å². The molecule has 1 saturated heterocycles. The summed E-state index contributed by atoms with van der Waals surface area (Å²) in [6.45, 7) is 3.23. The maximum Gasteiger partial charge on any atom is 0.264 e. The van der Waals surface area contributed by atoms with Crippen LogP contribution in [0.3, 0.4) is 0 Å². The van der Waals surface area contributed by atoms with Crippen molar-refractivity contribution in [2.24, 2.45) is 0 Å². The van der Waals surface area contributed by atoms with Gasteiger partial charge in [-0.1, -0.05) is 0 Å². The van der Waals surface area contributed by atoms with Gasteiger partial charge in [0.05, 0.1) is 18.1 Å². The first-order valence-corrected chi connectivity index (χ1v) is 7.76. The Balaban J connectivity index is 1.77. The van der Waals surface area contributed by atoms with Crippen molar-refractivity contribution in [2.75, 3.05) is 26.7 Å². The van der Waals surface area contributed by atoms with Crippen molar-refractivity contribution >= 4 is 17.2 Å². The smallest absolute Gasteiger partial charge is 0.264 e. The highest BCUT2D eigenvalue weighted by Crippen LogP contribution is 2.29. The van der Waals surface area contributed by atoms with E-state index in [4.69, 9.17) is 4.74 Å². The van der Waals surface area contributed by atoms with E-state index in [0.29, 0.717) is 12.6 Å².